The van der Waals surface area contributed by atoms with Crippen molar-refractivity contribution in [3.8, 4) is 28.7 Å². The first kappa shape index (κ1) is 28.6. The Labute approximate surface area is 240 Å². The lowest BCUT2D eigenvalue weighted by Gasteiger charge is -2.49. The van der Waals surface area contributed by atoms with Crippen LogP contribution in [0.4, 0.5) is 0 Å². The van der Waals surface area contributed by atoms with E-state index < -0.39 is 18.0 Å². The Kier molecular flexibility index (Phi) is 8.30. The first-order chi connectivity index (χ1) is 19.8. The largest absolute Gasteiger partial charge is 0.493 e. The zero-order valence-corrected chi connectivity index (χ0v) is 24.4. The lowest BCUT2D eigenvalue weighted by Crippen LogP contribution is -2.49. The number of hydrogen-bond acceptors (Lipinski definition) is 10. The van der Waals surface area contributed by atoms with E-state index in [1.807, 2.05) is 0 Å². The van der Waals surface area contributed by atoms with E-state index in [1.54, 1.807) is 32.4 Å². The molecule has 5 rings (SSSR count). The van der Waals surface area contributed by atoms with Gasteiger partial charge in [-0.05, 0) is 72.6 Å². The Balaban J connectivity index is 1.42. The van der Waals surface area contributed by atoms with Crippen LogP contribution in [0.15, 0.2) is 35.9 Å². The predicted octanol–water partition coefficient (Wildman–Crippen LogP) is 3.99. The van der Waals surface area contributed by atoms with Crippen LogP contribution in [0, 0.1) is 11.8 Å². The van der Waals surface area contributed by atoms with Gasteiger partial charge in [0.1, 0.15) is 6.10 Å². The average Bonchev–Trinajstić information content (AvgIpc) is 3.01. The van der Waals surface area contributed by atoms with Gasteiger partial charge in [-0.15, -0.1) is 0 Å². The van der Waals surface area contributed by atoms with Gasteiger partial charge in [-0.2, -0.15) is 0 Å². The molecule has 0 N–H and O–H groups in total. The molecule has 0 aromatic heterocycles. The number of carbonyl (C=O) groups excluding carboxylic acids is 2. The Hall–Kier alpha value is -3.92. The summed E-state index contributed by atoms with van der Waals surface area (Å²) in [6, 6.07) is 7.37. The molecule has 220 valence electrons. The maximum absolute atomic E-state index is 13.3. The smallest absolute Gasteiger partial charge is 0.338 e. The lowest BCUT2D eigenvalue weighted by atomic mass is 9.69. The van der Waals surface area contributed by atoms with Crippen molar-refractivity contribution in [1.29, 1.82) is 0 Å². The number of benzene rings is 2. The Bertz CT molecular complexity index is 1330. The van der Waals surface area contributed by atoms with Crippen LogP contribution in [0.1, 0.15) is 40.4 Å². The molecule has 2 aromatic rings. The fourth-order valence-electron chi connectivity index (χ4n) is 6.57. The van der Waals surface area contributed by atoms with Crippen molar-refractivity contribution >= 4 is 11.9 Å². The molecule has 1 fully saturated rings. The quantitative estimate of drug-likeness (QED) is 0.435. The van der Waals surface area contributed by atoms with Crippen molar-refractivity contribution in [2.45, 2.75) is 31.4 Å². The summed E-state index contributed by atoms with van der Waals surface area (Å²) < 4.78 is 38.4. The molecule has 0 bridgehead atoms. The summed E-state index contributed by atoms with van der Waals surface area (Å²) in [5.74, 6) is 1.65. The number of esters is 2. The molecule has 0 spiro atoms. The van der Waals surface area contributed by atoms with Gasteiger partial charge in [0.2, 0.25) is 5.75 Å². The minimum absolute atomic E-state index is 0.0288. The van der Waals surface area contributed by atoms with Gasteiger partial charge in [-0.1, -0.05) is 0 Å². The molecule has 2 aliphatic heterocycles. The van der Waals surface area contributed by atoms with Gasteiger partial charge in [0.25, 0.3) is 0 Å². The van der Waals surface area contributed by atoms with E-state index in [0.717, 1.165) is 31.7 Å². The van der Waals surface area contributed by atoms with Gasteiger partial charge >= 0.3 is 11.9 Å². The lowest BCUT2D eigenvalue weighted by molar-refractivity contribution is -0.138. The van der Waals surface area contributed by atoms with Crippen LogP contribution in [0.25, 0.3) is 0 Å². The number of rotatable bonds is 8. The van der Waals surface area contributed by atoms with Crippen molar-refractivity contribution in [3.63, 3.8) is 0 Å². The van der Waals surface area contributed by atoms with Crippen molar-refractivity contribution in [2.75, 3.05) is 55.7 Å². The van der Waals surface area contributed by atoms with Crippen LogP contribution in [-0.4, -0.2) is 78.7 Å². The van der Waals surface area contributed by atoms with Crippen molar-refractivity contribution < 1.29 is 42.7 Å². The highest BCUT2D eigenvalue weighted by Crippen LogP contribution is 2.49. The summed E-state index contributed by atoms with van der Waals surface area (Å²) in [6.07, 6.45) is 3.42. The Morgan fingerprint density at radius 1 is 0.780 bits per heavy atom. The predicted molar refractivity (Wildman–Crippen MR) is 149 cm³/mol. The van der Waals surface area contributed by atoms with E-state index in [-0.39, 0.29) is 23.4 Å². The number of methoxy groups -OCH3 is 6. The zero-order valence-electron chi connectivity index (χ0n) is 24.4. The molecule has 10 heteroatoms. The van der Waals surface area contributed by atoms with Crippen molar-refractivity contribution in [3.05, 3.63) is 52.6 Å². The molecule has 0 saturated carbocycles. The maximum atomic E-state index is 13.3. The highest BCUT2D eigenvalue weighted by molar-refractivity contribution is 5.92. The SMILES string of the molecule is COC(=O)C1=C[C@H](OC(=O)c2cc(OC)c(OC)c(OC)c2)C[C@@H]2CN3CCc4cc(OC)c(OC)cc4[C@@H]3C[C@H]12. The molecule has 1 saturated heterocycles. The number of carbonyl (C=O) groups is 2. The van der Waals surface area contributed by atoms with Crippen molar-refractivity contribution in [2.24, 2.45) is 11.8 Å². The van der Waals surface area contributed by atoms with Crippen LogP contribution >= 0.6 is 0 Å². The summed E-state index contributed by atoms with van der Waals surface area (Å²) >= 11 is 0. The van der Waals surface area contributed by atoms with Crippen LogP contribution < -0.4 is 23.7 Å². The molecule has 4 atom stereocenters. The normalized spacial score (nSPS) is 23.1. The number of hydrogen-bond donors (Lipinski definition) is 0. The molecule has 10 nitrogen and oxygen atoms in total. The maximum Gasteiger partial charge on any atom is 0.338 e. The molecule has 41 heavy (non-hydrogen) atoms. The molecule has 0 radical (unpaired) electrons. The molecule has 2 heterocycles. The second kappa shape index (κ2) is 11.9. The van der Waals surface area contributed by atoms with Gasteiger partial charge in [0.05, 0.1) is 48.2 Å². The van der Waals surface area contributed by atoms with Gasteiger partial charge in [0, 0.05) is 24.7 Å². The zero-order chi connectivity index (χ0) is 29.3. The highest BCUT2D eigenvalue weighted by atomic mass is 16.5. The summed E-state index contributed by atoms with van der Waals surface area (Å²) in [6.45, 7) is 1.67. The van der Waals surface area contributed by atoms with Crippen LogP contribution in [0.3, 0.4) is 0 Å². The summed E-state index contributed by atoms with van der Waals surface area (Å²) in [5, 5.41) is 0. The Morgan fingerprint density at radius 3 is 2.05 bits per heavy atom. The fourth-order valence-corrected chi connectivity index (χ4v) is 6.57. The molecule has 1 aliphatic carbocycles. The third-order valence-electron chi connectivity index (χ3n) is 8.51. The first-order valence-corrected chi connectivity index (χ1v) is 13.6. The molecular weight excluding hydrogens is 530 g/mol. The van der Waals surface area contributed by atoms with E-state index in [2.05, 4.69) is 17.0 Å². The number of nitrogens with zero attached hydrogens (tertiary/aromatic N) is 1. The van der Waals surface area contributed by atoms with E-state index in [9.17, 15) is 9.59 Å². The first-order valence-electron chi connectivity index (χ1n) is 13.6. The highest BCUT2D eigenvalue weighted by Gasteiger charge is 2.45. The molecular formula is C31H37NO9. The Morgan fingerprint density at radius 2 is 1.44 bits per heavy atom. The van der Waals surface area contributed by atoms with Gasteiger partial charge in [0.15, 0.2) is 23.0 Å². The number of piperidine rings is 1. The summed E-state index contributed by atoms with van der Waals surface area (Å²) in [7, 11) is 9.14. The van der Waals surface area contributed by atoms with Crippen molar-refractivity contribution in [1.82, 2.24) is 4.90 Å². The van der Waals surface area contributed by atoms with E-state index in [1.165, 1.54) is 39.6 Å². The third-order valence-corrected chi connectivity index (χ3v) is 8.51. The second-order valence-corrected chi connectivity index (χ2v) is 10.5. The van der Waals surface area contributed by atoms with E-state index in [0.29, 0.717) is 35.0 Å². The van der Waals surface area contributed by atoms with E-state index in [4.69, 9.17) is 33.2 Å². The minimum Gasteiger partial charge on any atom is -0.493 e. The fraction of sp³-hybridized carbons (Fsp3) is 0.484. The number of ether oxygens (including phenoxy) is 7. The summed E-state index contributed by atoms with van der Waals surface area (Å²) in [5.41, 5.74) is 3.25. The average molecular weight is 568 g/mol. The molecule has 0 amide bonds. The van der Waals surface area contributed by atoms with Gasteiger partial charge < -0.3 is 33.2 Å². The third kappa shape index (κ3) is 5.28. The number of fused-ring (bicyclic) bond motifs is 4. The summed E-state index contributed by atoms with van der Waals surface area (Å²) in [4.78, 5) is 28.8. The second-order valence-electron chi connectivity index (χ2n) is 10.5. The molecule has 2 aromatic carbocycles. The van der Waals surface area contributed by atoms with Crippen LogP contribution in [0.5, 0.6) is 28.7 Å². The minimum atomic E-state index is -0.588. The van der Waals surface area contributed by atoms with Crippen LogP contribution in [0.2, 0.25) is 0 Å². The van der Waals surface area contributed by atoms with Crippen LogP contribution in [-0.2, 0) is 20.7 Å². The topological polar surface area (TPSA) is 102 Å². The molecule has 0 unspecified atom stereocenters. The monoisotopic (exact) mass is 567 g/mol. The van der Waals surface area contributed by atoms with Gasteiger partial charge in [-0.25, -0.2) is 9.59 Å². The standard InChI is InChI=1S/C31H37NO9/c1-35-25-10-17-7-8-32-16-19-9-20(41-30(33)18-11-27(37-3)29(39-5)28(12-18)38-4)13-23(31(34)40-6)21(19)14-24(32)22(17)15-26(25)36-2/h10-13,15,19-21,24H,7-9,14,16H2,1-6H3/t19-,20-,21+,24+/m1/s1. The molecule has 3 aliphatic rings. The van der Waals surface area contributed by atoms with Gasteiger partial charge in [-0.3, -0.25) is 4.90 Å². The van der Waals surface area contributed by atoms with E-state index >= 15 is 0 Å².